The van der Waals surface area contributed by atoms with Gasteiger partial charge in [-0.15, -0.1) is 0 Å². The van der Waals surface area contributed by atoms with E-state index >= 15 is 4.39 Å². The zero-order valence-corrected chi connectivity index (χ0v) is 18.3. The average Bonchev–Trinajstić information content (AvgIpc) is 3.15. The molecule has 3 aliphatic rings. The highest BCUT2D eigenvalue weighted by Gasteiger charge is 2.54. The SMILES string of the molecule is CNc1cc(F)c(F)c2c1Cc1nc(Oc3cnc(C)nc3)nc(N3CC4(CC[C@@H]4N)C3)c1-2. The number of anilines is 2. The van der Waals surface area contributed by atoms with E-state index in [0.717, 1.165) is 25.9 Å². The van der Waals surface area contributed by atoms with Crippen LogP contribution in [-0.4, -0.2) is 46.1 Å². The Balaban J connectivity index is 1.46. The van der Waals surface area contributed by atoms with E-state index in [1.165, 1.54) is 6.07 Å². The summed E-state index contributed by atoms with van der Waals surface area (Å²) in [6, 6.07) is 1.46. The van der Waals surface area contributed by atoms with Crippen molar-refractivity contribution in [2.75, 3.05) is 30.4 Å². The van der Waals surface area contributed by atoms with Gasteiger partial charge in [-0.1, -0.05) is 0 Å². The Kier molecular flexibility index (Phi) is 4.32. The van der Waals surface area contributed by atoms with E-state index in [9.17, 15) is 4.39 Å². The molecule has 3 aromatic rings. The Labute approximate surface area is 189 Å². The van der Waals surface area contributed by atoms with E-state index in [0.29, 0.717) is 46.3 Å². The van der Waals surface area contributed by atoms with Gasteiger partial charge in [-0.3, -0.25) is 0 Å². The number of nitrogens with one attached hydrogen (secondary N) is 1. The molecule has 1 aliphatic heterocycles. The van der Waals surface area contributed by atoms with Gasteiger partial charge in [0.1, 0.15) is 11.6 Å². The van der Waals surface area contributed by atoms with Crippen LogP contribution in [0.25, 0.3) is 11.1 Å². The number of nitrogens with two attached hydrogens (primary N) is 1. The Hall–Kier alpha value is -3.40. The first-order chi connectivity index (χ1) is 15.9. The minimum atomic E-state index is -0.907. The molecule has 1 spiro atoms. The van der Waals surface area contributed by atoms with Gasteiger partial charge in [0.05, 0.1) is 18.1 Å². The molecular formula is C23H23F2N7O. The number of rotatable bonds is 4. The second-order valence-electron chi connectivity index (χ2n) is 9.08. The second kappa shape index (κ2) is 7.05. The maximum absolute atomic E-state index is 15.1. The number of ether oxygens (including phenoxy) is 1. The average molecular weight is 451 g/mol. The molecule has 2 aliphatic carbocycles. The molecule has 170 valence electrons. The number of aryl methyl sites for hydroxylation is 1. The zero-order valence-electron chi connectivity index (χ0n) is 18.3. The Bertz CT molecular complexity index is 1280. The predicted octanol–water partition coefficient (Wildman–Crippen LogP) is 3.19. The summed E-state index contributed by atoms with van der Waals surface area (Å²) in [7, 11) is 1.69. The number of aromatic nitrogens is 4. The van der Waals surface area contributed by atoms with Gasteiger partial charge in [0, 0.05) is 60.9 Å². The van der Waals surface area contributed by atoms with E-state index in [1.807, 2.05) is 0 Å². The van der Waals surface area contributed by atoms with Crippen molar-refractivity contribution in [2.24, 2.45) is 11.1 Å². The van der Waals surface area contributed by atoms with Gasteiger partial charge >= 0.3 is 6.01 Å². The van der Waals surface area contributed by atoms with Crippen LogP contribution in [0.2, 0.25) is 0 Å². The largest absolute Gasteiger partial charge is 0.421 e. The lowest BCUT2D eigenvalue weighted by atomic mass is 9.60. The van der Waals surface area contributed by atoms with Crippen molar-refractivity contribution >= 4 is 11.5 Å². The van der Waals surface area contributed by atoms with Gasteiger partial charge < -0.3 is 20.7 Å². The summed E-state index contributed by atoms with van der Waals surface area (Å²) in [5, 5.41) is 2.97. The fourth-order valence-corrected chi connectivity index (χ4v) is 5.14. The molecule has 1 atom stereocenters. The van der Waals surface area contributed by atoms with Crippen LogP contribution in [0.4, 0.5) is 20.3 Å². The molecule has 0 unspecified atom stereocenters. The molecule has 3 heterocycles. The van der Waals surface area contributed by atoms with Crippen molar-refractivity contribution in [2.45, 2.75) is 32.2 Å². The molecule has 1 aromatic carbocycles. The number of nitrogens with zero attached hydrogens (tertiary/aromatic N) is 5. The maximum atomic E-state index is 15.1. The molecular weight excluding hydrogens is 428 g/mol. The van der Waals surface area contributed by atoms with Gasteiger partial charge in [0.15, 0.2) is 17.4 Å². The molecule has 0 radical (unpaired) electrons. The van der Waals surface area contributed by atoms with Crippen LogP contribution < -0.4 is 20.7 Å². The highest BCUT2D eigenvalue weighted by molar-refractivity contribution is 5.89. The first-order valence-electron chi connectivity index (χ1n) is 11.0. The van der Waals surface area contributed by atoms with Crippen LogP contribution in [-0.2, 0) is 6.42 Å². The molecule has 1 saturated heterocycles. The molecule has 0 bridgehead atoms. The van der Waals surface area contributed by atoms with Crippen LogP contribution in [0.3, 0.4) is 0 Å². The van der Waals surface area contributed by atoms with Gasteiger partial charge in [-0.25, -0.2) is 18.7 Å². The number of fused-ring (bicyclic) bond motifs is 3. The highest BCUT2D eigenvalue weighted by atomic mass is 19.2. The Morgan fingerprint density at radius 3 is 2.58 bits per heavy atom. The molecule has 1 saturated carbocycles. The first-order valence-corrected chi connectivity index (χ1v) is 11.0. The fourth-order valence-electron chi connectivity index (χ4n) is 5.14. The lowest BCUT2D eigenvalue weighted by molar-refractivity contribution is 0.0558. The molecule has 6 rings (SSSR count). The third kappa shape index (κ3) is 2.97. The molecule has 3 N–H and O–H groups in total. The quantitative estimate of drug-likeness (QED) is 0.488. The van der Waals surface area contributed by atoms with Crippen LogP contribution in [0.5, 0.6) is 11.8 Å². The highest BCUT2D eigenvalue weighted by Crippen LogP contribution is 2.53. The van der Waals surface area contributed by atoms with Gasteiger partial charge in [-0.2, -0.15) is 9.97 Å². The molecule has 0 amide bonds. The van der Waals surface area contributed by atoms with Crippen LogP contribution in [0, 0.1) is 24.0 Å². The fraction of sp³-hybridized carbons (Fsp3) is 0.391. The third-order valence-corrected chi connectivity index (χ3v) is 7.15. The van der Waals surface area contributed by atoms with E-state index < -0.39 is 11.6 Å². The zero-order chi connectivity index (χ0) is 22.9. The summed E-state index contributed by atoms with van der Waals surface area (Å²) in [5.74, 6) is -0.235. The standard InChI is InChI=1S/C23H23F2N7O/c1-11-28-7-12(8-29-11)33-22-30-16-5-13-15(27-2)6-14(24)20(25)18(13)19(16)21(31-22)32-9-23(10-32)4-3-17(23)26/h6-8,17,27H,3-5,9-10,26H2,1-2H3/t17-/m0/s1. The molecule has 33 heavy (non-hydrogen) atoms. The van der Waals surface area contributed by atoms with E-state index in [2.05, 4.69) is 30.2 Å². The van der Waals surface area contributed by atoms with Crippen molar-refractivity contribution < 1.29 is 13.5 Å². The topological polar surface area (TPSA) is 102 Å². The Morgan fingerprint density at radius 2 is 1.94 bits per heavy atom. The van der Waals surface area contributed by atoms with Crippen molar-refractivity contribution in [1.82, 2.24) is 19.9 Å². The van der Waals surface area contributed by atoms with Crippen molar-refractivity contribution in [3.63, 3.8) is 0 Å². The summed E-state index contributed by atoms with van der Waals surface area (Å²) in [6.45, 7) is 3.22. The summed E-state index contributed by atoms with van der Waals surface area (Å²) in [5.41, 5.74) is 8.85. The molecule has 8 nitrogen and oxygen atoms in total. The minimum Gasteiger partial charge on any atom is -0.421 e. The van der Waals surface area contributed by atoms with Crippen molar-refractivity contribution in [3.05, 3.63) is 47.2 Å². The smallest absolute Gasteiger partial charge is 0.324 e. The van der Waals surface area contributed by atoms with E-state index in [1.54, 1.807) is 26.4 Å². The van der Waals surface area contributed by atoms with Crippen molar-refractivity contribution in [1.29, 1.82) is 0 Å². The van der Waals surface area contributed by atoms with E-state index in [4.69, 9.17) is 10.5 Å². The summed E-state index contributed by atoms with van der Waals surface area (Å²) >= 11 is 0. The van der Waals surface area contributed by atoms with Gasteiger partial charge in [0.2, 0.25) is 0 Å². The predicted molar refractivity (Wildman–Crippen MR) is 118 cm³/mol. The number of hydrogen-bond donors (Lipinski definition) is 2. The summed E-state index contributed by atoms with van der Waals surface area (Å²) < 4.78 is 35.4. The lowest BCUT2D eigenvalue weighted by Crippen LogP contribution is -2.69. The minimum absolute atomic E-state index is 0.0711. The van der Waals surface area contributed by atoms with Crippen LogP contribution in [0.1, 0.15) is 29.9 Å². The molecule has 2 fully saturated rings. The molecule has 2 aromatic heterocycles. The normalized spacial score (nSPS) is 19.5. The second-order valence-corrected chi connectivity index (χ2v) is 9.08. The summed E-state index contributed by atoms with van der Waals surface area (Å²) in [6.07, 6.45) is 5.50. The van der Waals surface area contributed by atoms with Crippen LogP contribution >= 0.6 is 0 Å². The monoisotopic (exact) mass is 451 g/mol. The van der Waals surface area contributed by atoms with Crippen molar-refractivity contribution in [3.8, 4) is 22.9 Å². The first kappa shape index (κ1) is 20.2. The third-order valence-electron chi connectivity index (χ3n) is 7.15. The van der Waals surface area contributed by atoms with Gasteiger partial charge in [0.25, 0.3) is 0 Å². The summed E-state index contributed by atoms with van der Waals surface area (Å²) in [4.78, 5) is 19.6. The Morgan fingerprint density at radius 1 is 1.18 bits per heavy atom. The number of benzene rings is 1. The number of halogens is 2. The number of hydrogen-bond acceptors (Lipinski definition) is 8. The van der Waals surface area contributed by atoms with E-state index in [-0.39, 0.29) is 23.0 Å². The van der Waals surface area contributed by atoms with Gasteiger partial charge in [-0.05, 0) is 25.3 Å². The molecule has 10 heteroatoms. The lowest BCUT2D eigenvalue weighted by Gasteiger charge is -2.60. The van der Waals surface area contributed by atoms with Crippen LogP contribution in [0.15, 0.2) is 18.5 Å². The maximum Gasteiger partial charge on any atom is 0.324 e.